The van der Waals surface area contributed by atoms with E-state index in [1.54, 1.807) is 6.92 Å². The predicted octanol–water partition coefficient (Wildman–Crippen LogP) is 6.00. The number of nitrogens with one attached hydrogen (secondary N) is 2. The van der Waals surface area contributed by atoms with E-state index in [2.05, 4.69) is 26.6 Å². The van der Waals surface area contributed by atoms with Gasteiger partial charge in [-0.05, 0) is 42.8 Å². The first-order valence-corrected chi connectivity index (χ1v) is 8.03. The van der Waals surface area contributed by atoms with Crippen molar-refractivity contribution in [1.82, 2.24) is 5.32 Å². The highest BCUT2D eigenvalue weighted by molar-refractivity contribution is 9.10. The Bertz CT molecular complexity index is 735. The molecule has 2 rings (SSSR count). The quantitative estimate of drug-likeness (QED) is 0.626. The van der Waals surface area contributed by atoms with Gasteiger partial charge in [-0.15, -0.1) is 0 Å². The number of rotatable bonds is 3. The Hall–Kier alpha value is -1.73. The summed E-state index contributed by atoms with van der Waals surface area (Å²) in [5, 5.41) is 5.01. The van der Waals surface area contributed by atoms with Crippen molar-refractivity contribution >= 4 is 39.2 Å². The molecule has 0 bridgehead atoms. The molecule has 128 valence electrons. The Kier molecular flexibility index (Phi) is 5.77. The van der Waals surface area contributed by atoms with Gasteiger partial charge >= 0.3 is 12.2 Å². The van der Waals surface area contributed by atoms with Crippen molar-refractivity contribution in [2.75, 3.05) is 5.32 Å². The van der Waals surface area contributed by atoms with Gasteiger partial charge in [0.05, 0.1) is 22.3 Å². The van der Waals surface area contributed by atoms with E-state index in [4.69, 9.17) is 11.6 Å². The molecule has 1 atom stereocenters. The molecule has 0 aliphatic rings. The predicted molar refractivity (Wildman–Crippen MR) is 91.2 cm³/mol. The summed E-state index contributed by atoms with van der Waals surface area (Å²) < 4.78 is 39.1. The third-order valence-corrected chi connectivity index (χ3v) is 4.12. The van der Waals surface area contributed by atoms with Crippen molar-refractivity contribution in [2.45, 2.75) is 19.1 Å². The number of carbonyl (C=O) groups excluding carboxylic acids is 1. The Morgan fingerprint density at radius 1 is 1.17 bits per heavy atom. The molecule has 0 aliphatic carbocycles. The van der Waals surface area contributed by atoms with Crippen molar-refractivity contribution in [1.29, 1.82) is 0 Å². The van der Waals surface area contributed by atoms with Gasteiger partial charge in [0.2, 0.25) is 0 Å². The molecule has 3 nitrogen and oxygen atoms in total. The van der Waals surface area contributed by atoms with Crippen molar-refractivity contribution in [3.8, 4) is 0 Å². The van der Waals surface area contributed by atoms with Crippen LogP contribution in [-0.4, -0.2) is 6.03 Å². The van der Waals surface area contributed by atoms with E-state index < -0.39 is 17.8 Å². The van der Waals surface area contributed by atoms with Crippen LogP contribution < -0.4 is 10.6 Å². The van der Waals surface area contributed by atoms with Crippen LogP contribution in [0, 0.1) is 0 Å². The first-order valence-electron chi connectivity index (χ1n) is 6.86. The van der Waals surface area contributed by atoms with E-state index in [-0.39, 0.29) is 16.8 Å². The smallest absolute Gasteiger partial charge is 0.331 e. The van der Waals surface area contributed by atoms with E-state index in [1.165, 1.54) is 0 Å². The second-order valence-electron chi connectivity index (χ2n) is 5.06. The molecule has 0 saturated carbocycles. The van der Waals surface area contributed by atoms with Gasteiger partial charge < -0.3 is 10.6 Å². The van der Waals surface area contributed by atoms with Gasteiger partial charge in [-0.2, -0.15) is 13.2 Å². The number of hydrogen-bond donors (Lipinski definition) is 2. The normalized spacial score (nSPS) is 12.6. The van der Waals surface area contributed by atoms with Crippen LogP contribution in [0.1, 0.15) is 24.1 Å². The molecular weight excluding hydrogens is 409 g/mol. The van der Waals surface area contributed by atoms with E-state index in [0.29, 0.717) is 0 Å². The number of alkyl halides is 3. The molecule has 0 aliphatic heterocycles. The summed E-state index contributed by atoms with van der Waals surface area (Å²) in [6.45, 7) is 1.76. The highest BCUT2D eigenvalue weighted by atomic mass is 79.9. The van der Waals surface area contributed by atoms with E-state index in [1.807, 2.05) is 24.3 Å². The summed E-state index contributed by atoms with van der Waals surface area (Å²) in [7, 11) is 0. The lowest BCUT2D eigenvalue weighted by molar-refractivity contribution is -0.137. The monoisotopic (exact) mass is 420 g/mol. The minimum Gasteiger partial charge on any atom is -0.331 e. The fourth-order valence-corrected chi connectivity index (χ4v) is 2.42. The van der Waals surface area contributed by atoms with Crippen LogP contribution in [-0.2, 0) is 6.18 Å². The molecule has 0 saturated heterocycles. The highest BCUT2D eigenvalue weighted by Crippen LogP contribution is 2.33. The standard InChI is InChI=1S/C16H13BrClF3N2O/c1-9(10-2-5-12(17)6-3-10)22-15(24)23-14-8-11(16(19,20)21)4-7-13(14)18/h2-9H,1H3,(H2,22,23,24). The topological polar surface area (TPSA) is 41.1 Å². The van der Waals surface area contributed by atoms with Crippen LogP contribution in [0.4, 0.5) is 23.7 Å². The number of halogens is 5. The Balaban J connectivity index is 2.08. The molecule has 2 amide bonds. The Morgan fingerprint density at radius 3 is 2.38 bits per heavy atom. The van der Waals surface area contributed by atoms with Crippen LogP contribution in [0.2, 0.25) is 5.02 Å². The van der Waals surface area contributed by atoms with Crippen LogP contribution >= 0.6 is 27.5 Å². The van der Waals surface area contributed by atoms with Gasteiger partial charge in [0.25, 0.3) is 0 Å². The summed E-state index contributed by atoms with van der Waals surface area (Å²) in [6, 6.07) is 9.08. The average molecular weight is 422 g/mol. The van der Waals surface area contributed by atoms with Crippen LogP contribution in [0.5, 0.6) is 0 Å². The third-order valence-electron chi connectivity index (χ3n) is 3.26. The van der Waals surface area contributed by atoms with Crippen LogP contribution in [0.25, 0.3) is 0 Å². The van der Waals surface area contributed by atoms with Crippen molar-refractivity contribution < 1.29 is 18.0 Å². The van der Waals surface area contributed by atoms with Gasteiger partial charge in [-0.25, -0.2) is 4.79 Å². The highest BCUT2D eigenvalue weighted by Gasteiger charge is 2.31. The number of urea groups is 1. The van der Waals surface area contributed by atoms with E-state index in [9.17, 15) is 18.0 Å². The van der Waals surface area contributed by atoms with Crippen LogP contribution in [0.15, 0.2) is 46.9 Å². The molecule has 0 heterocycles. The molecule has 0 aromatic heterocycles. The summed E-state index contributed by atoms with van der Waals surface area (Å²) in [5.74, 6) is 0. The molecule has 0 fully saturated rings. The van der Waals surface area contributed by atoms with Crippen molar-refractivity contribution in [3.63, 3.8) is 0 Å². The lowest BCUT2D eigenvalue weighted by Crippen LogP contribution is -2.31. The largest absolute Gasteiger partial charge is 0.416 e. The number of amides is 2. The van der Waals surface area contributed by atoms with Gasteiger partial charge in [-0.3, -0.25) is 0 Å². The second kappa shape index (κ2) is 7.44. The van der Waals surface area contributed by atoms with E-state index in [0.717, 1.165) is 28.2 Å². The molecule has 8 heteroatoms. The van der Waals surface area contributed by atoms with Crippen molar-refractivity contribution in [2.24, 2.45) is 0 Å². The first-order chi connectivity index (χ1) is 11.2. The fourth-order valence-electron chi connectivity index (χ4n) is 1.99. The lowest BCUT2D eigenvalue weighted by atomic mass is 10.1. The van der Waals surface area contributed by atoms with Crippen LogP contribution in [0.3, 0.4) is 0 Å². The second-order valence-corrected chi connectivity index (χ2v) is 6.39. The summed E-state index contributed by atoms with van der Waals surface area (Å²) in [4.78, 5) is 12.0. The summed E-state index contributed by atoms with van der Waals surface area (Å²) in [6.07, 6.45) is -4.51. The Labute approximate surface area is 150 Å². The minimum atomic E-state index is -4.51. The van der Waals surface area contributed by atoms with Gasteiger partial charge in [0, 0.05) is 4.47 Å². The maximum Gasteiger partial charge on any atom is 0.416 e. The molecule has 2 aromatic rings. The van der Waals surface area contributed by atoms with Gasteiger partial charge in [0.1, 0.15) is 0 Å². The molecular formula is C16H13BrClF3N2O. The van der Waals surface area contributed by atoms with Gasteiger partial charge in [-0.1, -0.05) is 39.7 Å². The summed E-state index contributed by atoms with van der Waals surface area (Å²) >= 11 is 9.16. The van der Waals surface area contributed by atoms with E-state index >= 15 is 0 Å². The number of carbonyl (C=O) groups is 1. The molecule has 2 aromatic carbocycles. The zero-order chi connectivity index (χ0) is 17.9. The summed E-state index contributed by atoms with van der Waals surface area (Å²) in [5.41, 5.74) is -0.140. The van der Waals surface area contributed by atoms with Gasteiger partial charge in [0.15, 0.2) is 0 Å². The molecule has 0 radical (unpaired) electrons. The minimum absolute atomic E-state index is 0.0226. The average Bonchev–Trinajstić information content (AvgIpc) is 2.48. The number of hydrogen-bond acceptors (Lipinski definition) is 1. The number of benzene rings is 2. The maximum atomic E-state index is 12.7. The lowest BCUT2D eigenvalue weighted by Gasteiger charge is -2.16. The zero-order valence-electron chi connectivity index (χ0n) is 12.4. The fraction of sp³-hybridized carbons (Fsp3) is 0.188. The molecule has 24 heavy (non-hydrogen) atoms. The molecule has 2 N–H and O–H groups in total. The maximum absolute atomic E-state index is 12.7. The van der Waals surface area contributed by atoms with Crippen molar-refractivity contribution in [3.05, 3.63) is 63.1 Å². The molecule has 0 spiro atoms. The Morgan fingerprint density at radius 2 is 1.79 bits per heavy atom. The zero-order valence-corrected chi connectivity index (χ0v) is 14.8. The SMILES string of the molecule is CC(NC(=O)Nc1cc(C(F)(F)F)ccc1Cl)c1ccc(Br)cc1. The molecule has 1 unspecified atom stereocenters. The third kappa shape index (κ3) is 4.88. The number of anilines is 1. The first kappa shape index (κ1) is 18.6.